The van der Waals surface area contributed by atoms with Gasteiger partial charge in [0, 0.05) is 19.4 Å². The fourth-order valence-corrected chi connectivity index (χ4v) is 6.74. The molecule has 0 amide bonds. The average molecular weight is 525 g/mol. The maximum absolute atomic E-state index is 10.7. The van der Waals surface area contributed by atoms with Crippen molar-refractivity contribution in [3.63, 3.8) is 0 Å². The summed E-state index contributed by atoms with van der Waals surface area (Å²) < 4.78 is 35.1. The van der Waals surface area contributed by atoms with Gasteiger partial charge in [0.05, 0.1) is 26.7 Å². The van der Waals surface area contributed by atoms with E-state index < -0.39 is 40.1 Å². The number of aromatic nitrogens is 4. The topological polar surface area (TPSA) is 171 Å². The van der Waals surface area contributed by atoms with Crippen molar-refractivity contribution in [1.82, 2.24) is 19.5 Å². The molecule has 2 aliphatic rings. The molecule has 5 N–H and O–H groups in total. The standard InChI is InChI=1S/C15H25N6O7P2S.C2H6/c1-23-12-11(27-29(31)28-17)10(7-4-8(7)30(22,24-2)25-3)26-15(12)21-6-20-9-13(16)18-5-19-14(9)21;1-2/h5-8,10-12,15,22,31H,4,17H2,1-3H3,(H2,16,18,19);1-2H3/q+1;. The van der Waals surface area contributed by atoms with Crippen LogP contribution in [0.15, 0.2) is 12.7 Å². The monoisotopic (exact) mass is 525 g/mol. The largest absolute Gasteiger partial charge is 0.411 e. The van der Waals surface area contributed by atoms with Gasteiger partial charge < -0.3 is 19.7 Å². The van der Waals surface area contributed by atoms with Gasteiger partial charge in [0.15, 0.2) is 23.4 Å². The number of imidazole rings is 1. The van der Waals surface area contributed by atoms with Crippen molar-refractivity contribution in [2.45, 2.75) is 50.5 Å². The predicted octanol–water partition coefficient (Wildman–Crippen LogP) is 2.22. The van der Waals surface area contributed by atoms with Gasteiger partial charge >= 0.3 is 7.94 Å². The molecule has 33 heavy (non-hydrogen) atoms. The highest BCUT2D eigenvalue weighted by Crippen LogP contribution is 2.72. The molecule has 13 nitrogen and oxygen atoms in total. The molecule has 2 aromatic heterocycles. The van der Waals surface area contributed by atoms with Gasteiger partial charge in [0.2, 0.25) is 0 Å². The summed E-state index contributed by atoms with van der Waals surface area (Å²) in [5.41, 5.74) is 6.63. The highest BCUT2D eigenvalue weighted by atomic mass is 32.7. The second-order valence-corrected chi connectivity index (χ2v) is 11.5. The minimum atomic E-state index is -3.02. The Kier molecular flexibility index (Phi) is 9.20. The van der Waals surface area contributed by atoms with Gasteiger partial charge in [-0.05, 0) is 0 Å². The molecule has 0 aromatic carbocycles. The lowest BCUT2D eigenvalue weighted by molar-refractivity contribution is -0.0526. The molecule has 0 bridgehead atoms. The van der Waals surface area contributed by atoms with Crippen LogP contribution in [0.5, 0.6) is 0 Å². The lowest BCUT2D eigenvalue weighted by atomic mass is 10.1. The maximum Gasteiger partial charge on any atom is 0.411 e. The Morgan fingerprint density at radius 3 is 2.52 bits per heavy atom. The van der Waals surface area contributed by atoms with Gasteiger partial charge in [0.25, 0.3) is 7.58 Å². The van der Waals surface area contributed by atoms with Crippen molar-refractivity contribution < 1.29 is 32.6 Å². The molecule has 1 aliphatic carbocycles. The van der Waals surface area contributed by atoms with Crippen LogP contribution in [0, 0.1) is 5.92 Å². The van der Waals surface area contributed by atoms with Gasteiger partial charge in [-0.25, -0.2) is 25.5 Å². The van der Waals surface area contributed by atoms with Crippen LogP contribution in [0.25, 0.3) is 11.2 Å². The molecule has 1 aliphatic heterocycles. The van der Waals surface area contributed by atoms with Crippen LogP contribution >= 0.6 is 27.8 Å². The van der Waals surface area contributed by atoms with Crippen molar-refractivity contribution in [3.05, 3.63) is 12.7 Å². The highest BCUT2D eigenvalue weighted by Gasteiger charge is 2.69. The van der Waals surface area contributed by atoms with Crippen LogP contribution in [0.3, 0.4) is 0 Å². The number of nitrogen functional groups attached to an aromatic ring is 1. The molecule has 3 heterocycles. The van der Waals surface area contributed by atoms with E-state index >= 15 is 0 Å². The van der Waals surface area contributed by atoms with Crippen molar-refractivity contribution in [2.24, 2.45) is 11.8 Å². The lowest BCUT2D eigenvalue weighted by Gasteiger charge is -2.25. The number of methoxy groups -OCH3 is 1. The van der Waals surface area contributed by atoms with Gasteiger partial charge in [-0.15, -0.1) is 0 Å². The molecule has 0 spiro atoms. The zero-order valence-corrected chi connectivity index (χ0v) is 21.7. The zero-order chi connectivity index (χ0) is 24.3. The number of nitrogens with two attached hydrogens (primary N) is 2. The second-order valence-electron chi connectivity index (χ2n) is 7.08. The maximum atomic E-state index is 10.7. The van der Waals surface area contributed by atoms with E-state index in [-0.39, 0.29) is 17.4 Å². The Morgan fingerprint density at radius 2 is 1.91 bits per heavy atom. The first-order chi connectivity index (χ1) is 15.9. The molecule has 186 valence electrons. The SMILES string of the molecule is CC.COC1C(OP(S)ON)C(C2CC2[P+](O)(OC)OC)OC1n1cnc2c(N)ncnc21. The minimum absolute atomic E-state index is 0.102. The predicted molar refractivity (Wildman–Crippen MR) is 127 cm³/mol. The van der Waals surface area contributed by atoms with Crippen molar-refractivity contribution >= 4 is 44.8 Å². The van der Waals surface area contributed by atoms with Gasteiger partial charge in [-0.3, -0.25) is 4.57 Å². The van der Waals surface area contributed by atoms with E-state index in [0.29, 0.717) is 17.6 Å². The summed E-state index contributed by atoms with van der Waals surface area (Å²) in [7, 11) is -0.315. The third-order valence-electron chi connectivity index (χ3n) is 5.63. The van der Waals surface area contributed by atoms with Crippen LogP contribution in [0.1, 0.15) is 26.5 Å². The number of hydrogen-bond acceptors (Lipinski definition) is 13. The van der Waals surface area contributed by atoms with E-state index in [0.717, 1.165) is 0 Å². The van der Waals surface area contributed by atoms with Crippen LogP contribution in [-0.2, 0) is 27.7 Å². The minimum Gasteiger partial charge on any atom is -0.382 e. The quantitative estimate of drug-likeness (QED) is 0.214. The van der Waals surface area contributed by atoms with E-state index in [1.807, 2.05) is 13.8 Å². The summed E-state index contributed by atoms with van der Waals surface area (Å²) in [5, 5.41) is 0. The summed E-state index contributed by atoms with van der Waals surface area (Å²) >= 11 is 4.24. The Balaban J connectivity index is 0.00000149. The van der Waals surface area contributed by atoms with Crippen molar-refractivity contribution in [1.29, 1.82) is 0 Å². The van der Waals surface area contributed by atoms with E-state index in [1.54, 1.807) is 18.0 Å². The fraction of sp³-hybridized carbons (Fsp3) is 0.706. The Morgan fingerprint density at radius 1 is 1.21 bits per heavy atom. The molecule has 7 atom stereocenters. The number of hydrogen-bond donors (Lipinski definition) is 4. The normalized spacial score (nSPS) is 30.2. The molecule has 1 saturated carbocycles. The van der Waals surface area contributed by atoms with Gasteiger partial charge in [0.1, 0.15) is 24.1 Å². The van der Waals surface area contributed by atoms with E-state index in [2.05, 4.69) is 27.2 Å². The van der Waals surface area contributed by atoms with Crippen molar-refractivity contribution in [3.8, 4) is 0 Å². The van der Waals surface area contributed by atoms with Crippen LogP contribution in [-0.4, -0.2) is 69.7 Å². The number of nitrogens with zero attached hydrogens (tertiary/aromatic N) is 4. The molecular formula is C17H31N6O7P2S+. The van der Waals surface area contributed by atoms with Crippen LogP contribution < -0.4 is 11.6 Å². The van der Waals surface area contributed by atoms with Crippen molar-refractivity contribution in [2.75, 3.05) is 27.1 Å². The molecule has 2 aromatic rings. The summed E-state index contributed by atoms with van der Waals surface area (Å²) in [6.45, 7) is 4.00. The Labute approximate surface area is 199 Å². The third kappa shape index (κ3) is 5.12. The molecule has 4 rings (SSSR count). The molecule has 16 heteroatoms. The second kappa shape index (κ2) is 11.3. The smallest absolute Gasteiger partial charge is 0.382 e. The Hall–Kier alpha value is -0.760. The first-order valence-electron chi connectivity index (χ1n) is 10.2. The number of rotatable bonds is 9. The number of anilines is 1. The number of thiol groups is 1. The zero-order valence-electron chi connectivity index (χ0n) is 19.0. The summed E-state index contributed by atoms with van der Waals surface area (Å²) in [5.74, 6) is 5.41. The van der Waals surface area contributed by atoms with E-state index in [4.69, 9.17) is 39.3 Å². The molecular weight excluding hydrogens is 494 g/mol. The summed E-state index contributed by atoms with van der Waals surface area (Å²) in [6, 6.07) is 0. The summed E-state index contributed by atoms with van der Waals surface area (Å²) in [4.78, 5) is 23.3. The first kappa shape index (κ1) is 26.8. The number of ether oxygens (including phenoxy) is 2. The van der Waals surface area contributed by atoms with E-state index in [9.17, 15) is 4.89 Å². The molecule has 0 radical (unpaired) electrons. The van der Waals surface area contributed by atoms with Crippen LogP contribution in [0.2, 0.25) is 0 Å². The number of fused-ring (bicyclic) bond motifs is 1. The third-order valence-corrected chi connectivity index (χ3v) is 9.28. The van der Waals surface area contributed by atoms with Gasteiger partial charge in [-0.2, -0.15) is 13.9 Å². The molecule has 2 fully saturated rings. The Bertz CT molecular complexity index is 925. The van der Waals surface area contributed by atoms with Gasteiger partial charge in [-0.1, -0.05) is 26.1 Å². The molecule has 7 unspecified atom stereocenters. The first-order valence-corrected chi connectivity index (χ1v) is 14.2. The highest BCUT2D eigenvalue weighted by molar-refractivity contribution is 8.41. The fourth-order valence-electron chi connectivity index (χ4n) is 4.06. The lowest BCUT2D eigenvalue weighted by Crippen LogP contribution is -2.36. The average Bonchev–Trinajstić information content (AvgIpc) is 3.40. The summed E-state index contributed by atoms with van der Waals surface area (Å²) in [6.07, 6.45) is 1.23. The van der Waals surface area contributed by atoms with Crippen LogP contribution in [0.4, 0.5) is 5.82 Å². The van der Waals surface area contributed by atoms with E-state index in [1.165, 1.54) is 20.5 Å². The molecule has 1 saturated heterocycles.